The molecule has 0 radical (unpaired) electrons. The molecule has 0 aromatic heterocycles. The van der Waals surface area contributed by atoms with Crippen LogP contribution in [0.25, 0.3) is 0 Å². The van der Waals surface area contributed by atoms with Crippen LogP contribution in [-0.4, -0.2) is 22.3 Å². The zero-order chi connectivity index (χ0) is 15.4. The number of hydrogen-bond donors (Lipinski definition) is 2. The summed E-state index contributed by atoms with van der Waals surface area (Å²) >= 11 is 0. The number of aromatic hydroxyl groups is 2. The van der Waals surface area contributed by atoms with Gasteiger partial charge in [0.1, 0.15) is 23.2 Å². The number of unbranched alkanes of at least 4 members (excludes halogenated alkanes) is 4. The third-order valence-corrected chi connectivity index (χ3v) is 4.21. The summed E-state index contributed by atoms with van der Waals surface area (Å²) in [6.07, 6.45) is 7.13. The van der Waals surface area contributed by atoms with Crippen molar-refractivity contribution in [3.8, 4) is 11.5 Å². The minimum Gasteiger partial charge on any atom is -0.508 e. The first-order valence-corrected chi connectivity index (χ1v) is 7.80. The van der Waals surface area contributed by atoms with Crippen molar-refractivity contribution in [2.24, 2.45) is 0 Å². The van der Waals surface area contributed by atoms with Crippen molar-refractivity contribution in [1.29, 1.82) is 0 Å². The van der Waals surface area contributed by atoms with Crippen LogP contribution in [0.1, 0.15) is 66.9 Å². The molecule has 1 aliphatic heterocycles. The number of phenols is 2. The Kier molecular flexibility index (Phi) is 5.10. The standard InChI is InChI=1S/C17H24O4/c1-3-4-5-6-7-8-12-9-13-11(2)14(18)10-15(19)16(13)17(20)21-12/h10,12,18-19H,3-9H2,1-2H3/t12-/m1/s1. The van der Waals surface area contributed by atoms with Crippen molar-refractivity contribution in [2.45, 2.75) is 64.9 Å². The van der Waals surface area contributed by atoms with Crippen LogP contribution >= 0.6 is 0 Å². The average molecular weight is 292 g/mol. The lowest BCUT2D eigenvalue weighted by atomic mass is 9.91. The van der Waals surface area contributed by atoms with E-state index >= 15 is 0 Å². The SMILES string of the molecule is CCCCCCC[C@@H]1Cc2c(C)c(O)cc(O)c2C(=O)O1. The van der Waals surface area contributed by atoms with E-state index in [1.54, 1.807) is 6.92 Å². The molecule has 0 spiro atoms. The topological polar surface area (TPSA) is 66.8 Å². The van der Waals surface area contributed by atoms with E-state index in [1.165, 1.54) is 25.3 Å². The zero-order valence-electron chi connectivity index (χ0n) is 12.8. The van der Waals surface area contributed by atoms with Crippen LogP contribution in [0.5, 0.6) is 11.5 Å². The maximum absolute atomic E-state index is 12.1. The number of esters is 1. The summed E-state index contributed by atoms with van der Waals surface area (Å²) < 4.78 is 5.41. The number of rotatable bonds is 6. The van der Waals surface area contributed by atoms with E-state index in [2.05, 4.69) is 6.92 Å². The molecule has 1 heterocycles. The molecule has 0 saturated heterocycles. The number of hydrogen-bond acceptors (Lipinski definition) is 4. The van der Waals surface area contributed by atoms with Gasteiger partial charge in [-0.15, -0.1) is 0 Å². The van der Waals surface area contributed by atoms with Crippen LogP contribution in [0.4, 0.5) is 0 Å². The van der Waals surface area contributed by atoms with Gasteiger partial charge in [-0.05, 0) is 30.9 Å². The highest BCUT2D eigenvalue weighted by atomic mass is 16.5. The number of cyclic esters (lactones) is 1. The smallest absolute Gasteiger partial charge is 0.342 e. The predicted molar refractivity (Wildman–Crippen MR) is 80.8 cm³/mol. The van der Waals surface area contributed by atoms with E-state index in [0.29, 0.717) is 12.0 Å². The van der Waals surface area contributed by atoms with Gasteiger partial charge in [0, 0.05) is 12.5 Å². The Morgan fingerprint density at radius 2 is 1.90 bits per heavy atom. The molecule has 1 aromatic rings. The number of ether oxygens (including phenoxy) is 1. The molecule has 4 nitrogen and oxygen atoms in total. The average Bonchev–Trinajstić information content (AvgIpc) is 2.44. The monoisotopic (exact) mass is 292 g/mol. The van der Waals surface area contributed by atoms with E-state index < -0.39 is 5.97 Å². The van der Waals surface area contributed by atoms with Crippen LogP contribution in [0, 0.1) is 6.92 Å². The van der Waals surface area contributed by atoms with Crippen molar-refractivity contribution in [1.82, 2.24) is 0 Å². The molecule has 4 heteroatoms. The van der Waals surface area contributed by atoms with E-state index in [4.69, 9.17) is 4.74 Å². The molecule has 2 rings (SSSR count). The lowest BCUT2D eigenvalue weighted by Crippen LogP contribution is -2.28. The van der Waals surface area contributed by atoms with Gasteiger partial charge in [-0.25, -0.2) is 4.79 Å². The minimum absolute atomic E-state index is 0.0302. The highest BCUT2D eigenvalue weighted by Crippen LogP contribution is 2.36. The molecule has 0 amide bonds. The molecule has 21 heavy (non-hydrogen) atoms. The summed E-state index contributed by atoms with van der Waals surface area (Å²) in [5.74, 6) is -0.641. The fourth-order valence-corrected chi connectivity index (χ4v) is 2.91. The van der Waals surface area contributed by atoms with E-state index in [1.807, 2.05) is 0 Å². The summed E-state index contributed by atoms with van der Waals surface area (Å²) in [5, 5.41) is 19.6. The van der Waals surface area contributed by atoms with Crippen molar-refractivity contribution >= 4 is 5.97 Å². The maximum atomic E-state index is 12.1. The fraction of sp³-hybridized carbons (Fsp3) is 0.588. The Balaban J connectivity index is 2.04. The number of carbonyl (C=O) groups excluding carboxylic acids is 1. The van der Waals surface area contributed by atoms with Gasteiger partial charge >= 0.3 is 5.97 Å². The Morgan fingerprint density at radius 1 is 1.19 bits per heavy atom. The van der Waals surface area contributed by atoms with Crippen molar-refractivity contribution in [2.75, 3.05) is 0 Å². The Labute approximate surface area is 125 Å². The second-order valence-corrected chi connectivity index (χ2v) is 5.83. The Morgan fingerprint density at radius 3 is 2.62 bits per heavy atom. The Hall–Kier alpha value is -1.71. The normalized spacial score (nSPS) is 17.4. The number of fused-ring (bicyclic) bond motifs is 1. The lowest BCUT2D eigenvalue weighted by Gasteiger charge is -2.26. The van der Waals surface area contributed by atoms with Gasteiger partial charge in [0.05, 0.1) is 0 Å². The van der Waals surface area contributed by atoms with Gasteiger partial charge in [-0.1, -0.05) is 32.6 Å². The second-order valence-electron chi connectivity index (χ2n) is 5.83. The van der Waals surface area contributed by atoms with Gasteiger partial charge in [0.2, 0.25) is 0 Å². The zero-order valence-corrected chi connectivity index (χ0v) is 12.8. The Bertz CT molecular complexity index is 522. The van der Waals surface area contributed by atoms with Crippen molar-refractivity contribution < 1.29 is 19.7 Å². The van der Waals surface area contributed by atoms with E-state index in [9.17, 15) is 15.0 Å². The number of benzene rings is 1. The molecular weight excluding hydrogens is 268 g/mol. The molecule has 0 saturated carbocycles. The van der Waals surface area contributed by atoms with Gasteiger partial charge in [-0.3, -0.25) is 0 Å². The molecular formula is C17H24O4. The van der Waals surface area contributed by atoms with Crippen molar-refractivity contribution in [3.63, 3.8) is 0 Å². The lowest BCUT2D eigenvalue weighted by molar-refractivity contribution is 0.0226. The van der Waals surface area contributed by atoms with Crippen molar-refractivity contribution in [3.05, 3.63) is 22.8 Å². The molecule has 2 N–H and O–H groups in total. The van der Waals surface area contributed by atoms with E-state index in [0.717, 1.165) is 24.8 Å². The molecule has 0 fully saturated rings. The first-order chi connectivity index (χ1) is 10.0. The van der Waals surface area contributed by atoms with Gasteiger partial charge in [-0.2, -0.15) is 0 Å². The quantitative estimate of drug-likeness (QED) is 0.617. The minimum atomic E-state index is -0.476. The largest absolute Gasteiger partial charge is 0.508 e. The maximum Gasteiger partial charge on any atom is 0.342 e. The van der Waals surface area contributed by atoms with Crippen LogP contribution < -0.4 is 0 Å². The summed E-state index contributed by atoms with van der Waals surface area (Å²) in [5.41, 5.74) is 1.60. The number of carbonyl (C=O) groups is 1. The first-order valence-electron chi connectivity index (χ1n) is 7.80. The summed E-state index contributed by atoms with van der Waals surface area (Å²) in [6.45, 7) is 3.95. The van der Waals surface area contributed by atoms with Crippen LogP contribution in [0.15, 0.2) is 6.07 Å². The highest BCUT2D eigenvalue weighted by Gasteiger charge is 2.31. The van der Waals surface area contributed by atoms with Gasteiger partial charge < -0.3 is 14.9 Å². The first kappa shape index (κ1) is 15.7. The van der Waals surface area contributed by atoms with Crippen LogP contribution in [0.3, 0.4) is 0 Å². The molecule has 0 unspecified atom stereocenters. The van der Waals surface area contributed by atoms with Crippen LogP contribution in [-0.2, 0) is 11.2 Å². The highest BCUT2D eigenvalue weighted by molar-refractivity contribution is 5.96. The molecule has 1 atom stereocenters. The summed E-state index contributed by atoms with van der Waals surface area (Å²) in [7, 11) is 0. The predicted octanol–water partition coefficient (Wildman–Crippen LogP) is 3.85. The summed E-state index contributed by atoms with van der Waals surface area (Å²) in [6, 6.07) is 1.21. The second kappa shape index (κ2) is 6.83. The van der Waals surface area contributed by atoms with Gasteiger partial charge in [0.15, 0.2) is 0 Å². The fourth-order valence-electron chi connectivity index (χ4n) is 2.91. The number of phenolic OH excluding ortho intramolecular Hbond substituents is 2. The van der Waals surface area contributed by atoms with E-state index in [-0.39, 0.29) is 23.2 Å². The third kappa shape index (κ3) is 3.49. The molecule has 0 aliphatic carbocycles. The molecule has 1 aliphatic rings. The van der Waals surface area contributed by atoms with Gasteiger partial charge in [0.25, 0.3) is 0 Å². The summed E-state index contributed by atoms with van der Waals surface area (Å²) in [4.78, 5) is 12.1. The van der Waals surface area contributed by atoms with Crippen LogP contribution in [0.2, 0.25) is 0 Å². The molecule has 0 bridgehead atoms. The third-order valence-electron chi connectivity index (χ3n) is 4.21. The molecule has 116 valence electrons. The molecule has 1 aromatic carbocycles.